The second-order valence-electron chi connectivity index (χ2n) is 4.53. The Labute approximate surface area is 103 Å². The molecule has 0 fully saturated rings. The number of benzene rings is 1. The molecule has 0 saturated carbocycles. The zero-order valence-electron chi connectivity index (χ0n) is 10.5. The summed E-state index contributed by atoms with van der Waals surface area (Å²) < 4.78 is 0. The fourth-order valence-electron chi connectivity index (χ4n) is 2.22. The van der Waals surface area contributed by atoms with Gasteiger partial charge in [0, 0.05) is 12.6 Å². The molecule has 0 aromatic heterocycles. The van der Waals surface area contributed by atoms with Crippen molar-refractivity contribution in [2.75, 3.05) is 0 Å². The zero-order valence-corrected chi connectivity index (χ0v) is 10.5. The molecule has 1 amide bonds. The van der Waals surface area contributed by atoms with Crippen LogP contribution in [-0.2, 0) is 4.79 Å². The standard InChI is InChI=1S/C15H19NO/c1-3-13-9-10-15(17)16(11-13)12(2)14-7-5-4-6-8-14/h4-8,11-12H,3,9-10H2,1-2H3/t12-/m0/s1. The van der Waals surface area contributed by atoms with Gasteiger partial charge >= 0.3 is 0 Å². The molecule has 0 unspecified atom stereocenters. The van der Waals surface area contributed by atoms with Gasteiger partial charge in [0.05, 0.1) is 6.04 Å². The molecule has 0 saturated heterocycles. The predicted octanol–water partition coefficient (Wildman–Crippen LogP) is 3.66. The first-order chi connectivity index (χ1) is 8.22. The van der Waals surface area contributed by atoms with Crippen molar-refractivity contribution in [3.05, 3.63) is 47.7 Å². The molecule has 0 bridgehead atoms. The second-order valence-corrected chi connectivity index (χ2v) is 4.53. The molecule has 1 aromatic rings. The van der Waals surface area contributed by atoms with E-state index in [4.69, 9.17) is 0 Å². The molecule has 0 aliphatic carbocycles. The van der Waals surface area contributed by atoms with Crippen molar-refractivity contribution >= 4 is 5.91 Å². The Morgan fingerprint density at radius 2 is 1.94 bits per heavy atom. The Bertz CT molecular complexity index is 422. The fourth-order valence-corrected chi connectivity index (χ4v) is 2.22. The topological polar surface area (TPSA) is 20.3 Å². The Kier molecular flexibility index (Phi) is 3.62. The third-order valence-electron chi connectivity index (χ3n) is 3.42. The first-order valence-corrected chi connectivity index (χ1v) is 6.28. The minimum atomic E-state index is 0.130. The van der Waals surface area contributed by atoms with E-state index in [1.54, 1.807) is 0 Å². The Balaban J connectivity index is 2.23. The van der Waals surface area contributed by atoms with Crippen LogP contribution in [0.5, 0.6) is 0 Å². The number of hydrogen-bond donors (Lipinski definition) is 0. The summed E-state index contributed by atoms with van der Waals surface area (Å²) in [4.78, 5) is 13.8. The van der Waals surface area contributed by atoms with E-state index in [0.717, 1.165) is 12.8 Å². The van der Waals surface area contributed by atoms with Crippen LogP contribution in [0, 0.1) is 0 Å². The number of nitrogens with zero attached hydrogens (tertiary/aromatic N) is 1. The maximum atomic E-state index is 12.0. The number of rotatable bonds is 3. The molecule has 1 heterocycles. The van der Waals surface area contributed by atoms with Crippen LogP contribution < -0.4 is 0 Å². The van der Waals surface area contributed by atoms with E-state index in [1.165, 1.54) is 11.1 Å². The molecule has 1 aliphatic rings. The second kappa shape index (κ2) is 5.17. The lowest BCUT2D eigenvalue weighted by molar-refractivity contribution is -0.131. The van der Waals surface area contributed by atoms with Gasteiger partial charge in [-0.1, -0.05) is 42.8 Å². The number of hydrogen-bond acceptors (Lipinski definition) is 1. The van der Waals surface area contributed by atoms with Crippen LogP contribution in [0.25, 0.3) is 0 Å². The molecule has 0 radical (unpaired) electrons. The van der Waals surface area contributed by atoms with Gasteiger partial charge in [0.15, 0.2) is 0 Å². The van der Waals surface area contributed by atoms with Crippen molar-refractivity contribution in [1.82, 2.24) is 4.90 Å². The van der Waals surface area contributed by atoms with E-state index < -0.39 is 0 Å². The van der Waals surface area contributed by atoms with E-state index >= 15 is 0 Å². The summed E-state index contributed by atoms with van der Waals surface area (Å²) in [5.74, 6) is 0.235. The van der Waals surface area contributed by atoms with Crippen molar-refractivity contribution in [3.63, 3.8) is 0 Å². The largest absolute Gasteiger partial charge is 0.312 e. The maximum Gasteiger partial charge on any atom is 0.227 e. The molecule has 1 aliphatic heterocycles. The summed E-state index contributed by atoms with van der Waals surface area (Å²) in [6.07, 6.45) is 4.65. The molecule has 2 rings (SSSR count). The highest BCUT2D eigenvalue weighted by molar-refractivity contribution is 5.79. The van der Waals surface area contributed by atoms with Gasteiger partial charge < -0.3 is 4.90 Å². The highest BCUT2D eigenvalue weighted by Crippen LogP contribution is 2.27. The fraction of sp³-hybridized carbons (Fsp3) is 0.400. The van der Waals surface area contributed by atoms with Crippen molar-refractivity contribution in [1.29, 1.82) is 0 Å². The minimum Gasteiger partial charge on any atom is -0.312 e. The molecular weight excluding hydrogens is 210 g/mol. The van der Waals surface area contributed by atoms with Gasteiger partial charge in [0.2, 0.25) is 5.91 Å². The summed E-state index contributed by atoms with van der Waals surface area (Å²) in [5.41, 5.74) is 2.56. The van der Waals surface area contributed by atoms with Crippen molar-refractivity contribution in [2.24, 2.45) is 0 Å². The van der Waals surface area contributed by atoms with Crippen LogP contribution in [-0.4, -0.2) is 10.8 Å². The van der Waals surface area contributed by atoms with Crippen molar-refractivity contribution < 1.29 is 4.79 Å². The lowest BCUT2D eigenvalue weighted by atomic mass is 10.0. The van der Waals surface area contributed by atoms with Crippen LogP contribution in [0.4, 0.5) is 0 Å². The molecule has 1 atom stereocenters. The summed E-state index contributed by atoms with van der Waals surface area (Å²) in [6.45, 7) is 4.23. The highest BCUT2D eigenvalue weighted by Gasteiger charge is 2.23. The SMILES string of the molecule is CCC1=CN([C@@H](C)c2ccccc2)C(=O)CC1. The third kappa shape index (κ3) is 2.57. The van der Waals surface area contributed by atoms with Crippen molar-refractivity contribution in [3.8, 4) is 0 Å². The molecular formula is C15H19NO. The molecule has 1 aromatic carbocycles. The molecule has 0 N–H and O–H groups in total. The van der Waals surface area contributed by atoms with E-state index in [9.17, 15) is 4.79 Å². The van der Waals surface area contributed by atoms with Crippen LogP contribution in [0.3, 0.4) is 0 Å². The summed E-state index contributed by atoms with van der Waals surface area (Å²) >= 11 is 0. The van der Waals surface area contributed by atoms with E-state index in [0.29, 0.717) is 6.42 Å². The average Bonchev–Trinajstić information content (AvgIpc) is 2.39. The first kappa shape index (κ1) is 11.9. The van der Waals surface area contributed by atoms with Crippen LogP contribution in [0.1, 0.15) is 44.7 Å². The van der Waals surface area contributed by atoms with Crippen LogP contribution in [0.2, 0.25) is 0 Å². The number of amides is 1. The van der Waals surface area contributed by atoms with Crippen LogP contribution >= 0.6 is 0 Å². The van der Waals surface area contributed by atoms with Gasteiger partial charge in [-0.3, -0.25) is 4.79 Å². The maximum absolute atomic E-state index is 12.0. The molecule has 2 nitrogen and oxygen atoms in total. The van der Waals surface area contributed by atoms with Gasteiger partial charge in [0.25, 0.3) is 0 Å². The number of carbonyl (C=O) groups excluding carboxylic acids is 1. The quantitative estimate of drug-likeness (QED) is 0.774. The summed E-state index contributed by atoms with van der Waals surface area (Å²) in [5, 5.41) is 0. The smallest absolute Gasteiger partial charge is 0.227 e. The minimum absolute atomic E-state index is 0.130. The van der Waals surface area contributed by atoms with Crippen LogP contribution in [0.15, 0.2) is 42.1 Å². The lowest BCUT2D eigenvalue weighted by Gasteiger charge is -2.30. The van der Waals surface area contributed by atoms with Crippen molar-refractivity contribution in [2.45, 2.75) is 39.2 Å². The summed E-state index contributed by atoms with van der Waals surface area (Å²) in [7, 11) is 0. The van der Waals surface area contributed by atoms with E-state index in [2.05, 4.69) is 26.0 Å². The Morgan fingerprint density at radius 3 is 2.59 bits per heavy atom. The van der Waals surface area contributed by atoms with Gasteiger partial charge in [-0.15, -0.1) is 0 Å². The highest BCUT2D eigenvalue weighted by atomic mass is 16.2. The molecule has 90 valence electrons. The predicted molar refractivity (Wildman–Crippen MR) is 69.3 cm³/mol. The van der Waals surface area contributed by atoms with Gasteiger partial charge in [-0.05, 0) is 25.3 Å². The summed E-state index contributed by atoms with van der Waals surface area (Å²) in [6, 6.07) is 10.3. The first-order valence-electron chi connectivity index (χ1n) is 6.28. The van der Waals surface area contributed by atoms with E-state index in [-0.39, 0.29) is 11.9 Å². The molecule has 17 heavy (non-hydrogen) atoms. The van der Waals surface area contributed by atoms with Gasteiger partial charge in [-0.2, -0.15) is 0 Å². The average molecular weight is 229 g/mol. The Hall–Kier alpha value is -1.57. The Morgan fingerprint density at radius 1 is 1.24 bits per heavy atom. The lowest BCUT2D eigenvalue weighted by Crippen LogP contribution is -2.31. The normalized spacial score (nSPS) is 17.9. The van der Waals surface area contributed by atoms with E-state index in [1.807, 2.05) is 29.3 Å². The third-order valence-corrected chi connectivity index (χ3v) is 3.42. The number of carbonyl (C=O) groups is 1. The molecule has 0 spiro atoms. The van der Waals surface area contributed by atoms with Gasteiger partial charge in [0.1, 0.15) is 0 Å². The van der Waals surface area contributed by atoms with Gasteiger partial charge in [-0.25, -0.2) is 0 Å². The zero-order chi connectivity index (χ0) is 12.3. The molecule has 2 heteroatoms. The number of allylic oxidation sites excluding steroid dienone is 1. The monoisotopic (exact) mass is 229 g/mol.